The fourth-order valence-electron chi connectivity index (χ4n) is 3.58. The summed E-state index contributed by atoms with van der Waals surface area (Å²) in [6.07, 6.45) is 1.89. The van der Waals surface area contributed by atoms with E-state index in [1.54, 1.807) is 11.8 Å². The molecule has 2 heteroatoms. The fourth-order valence-corrected chi connectivity index (χ4v) is 4.90. The van der Waals surface area contributed by atoms with Gasteiger partial charge in [0.1, 0.15) is 0 Å². The highest BCUT2D eigenvalue weighted by Crippen LogP contribution is 2.45. The summed E-state index contributed by atoms with van der Waals surface area (Å²) in [5.74, 6) is 0.307. The van der Waals surface area contributed by atoms with Crippen LogP contribution in [0.15, 0.2) is 89.8 Å². The SMILES string of the molecule is O=C1c2ccccc2CCC1C(Sc1ccccc1)c1ccccc1. The average Bonchev–Trinajstić information content (AvgIpc) is 2.69. The lowest BCUT2D eigenvalue weighted by molar-refractivity contribution is 0.0899. The Morgan fingerprint density at radius 1 is 0.800 bits per heavy atom. The lowest BCUT2D eigenvalue weighted by Gasteiger charge is -2.30. The number of carbonyl (C=O) groups is 1. The van der Waals surface area contributed by atoms with Gasteiger partial charge in [-0.05, 0) is 36.1 Å². The van der Waals surface area contributed by atoms with Gasteiger partial charge in [-0.3, -0.25) is 4.79 Å². The summed E-state index contributed by atoms with van der Waals surface area (Å²) < 4.78 is 0. The molecule has 0 saturated carbocycles. The van der Waals surface area contributed by atoms with Crippen molar-refractivity contribution in [2.75, 3.05) is 0 Å². The van der Waals surface area contributed by atoms with Crippen LogP contribution in [-0.2, 0) is 6.42 Å². The Kier molecular flexibility index (Phi) is 4.71. The average molecular weight is 344 g/mol. The van der Waals surface area contributed by atoms with Gasteiger partial charge in [-0.1, -0.05) is 72.8 Å². The highest BCUT2D eigenvalue weighted by atomic mass is 32.2. The zero-order chi connectivity index (χ0) is 17.1. The number of ketones is 1. The van der Waals surface area contributed by atoms with Gasteiger partial charge in [-0.25, -0.2) is 0 Å². The van der Waals surface area contributed by atoms with Crippen LogP contribution in [0.3, 0.4) is 0 Å². The molecule has 3 aromatic rings. The number of benzene rings is 3. The molecule has 124 valence electrons. The Morgan fingerprint density at radius 2 is 1.44 bits per heavy atom. The second-order valence-electron chi connectivity index (χ2n) is 6.43. The van der Waals surface area contributed by atoms with Crippen LogP contribution in [0.5, 0.6) is 0 Å². The van der Waals surface area contributed by atoms with Gasteiger partial charge in [0.25, 0.3) is 0 Å². The lowest BCUT2D eigenvalue weighted by Crippen LogP contribution is -2.27. The molecular weight excluding hydrogens is 324 g/mol. The van der Waals surface area contributed by atoms with E-state index in [-0.39, 0.29) is 11.2 Å². The third kappa shape index (κ3) is 3.40. The summed E-state index contributed by atoms with van der Waals surface area (Å²) in [7, 11) is 0. The second-order valence-corrected chi connectivity index (χ2v) is 7.64. The number of carbonyl (C=O) groups excluding carboxylic acids is 1. The molecule has 0 aliphatic heterocycles. The molecule has 0 fully saturated rings. The topological polar surface area (TPSA) is 17.1 Å². The van der Waals surface area contributed by atoms with Crippen molar-refractivity contribution in [3.05, 3.63) is 102 Å². The van der Waals surface area contributed by atoms with Crippen LogP contribution in [0.25, 0.3) is 0 Å². The molecular formula is C23H20OS. The van der Waals surface area contributed by atoms with Crippen molar-refractivity contribution in [3.63, 3.8) is 0 Å². The predicted molar refractivity (Wildman–Crippen MR) is 104 cm³/mol. The van der Waals surface area contributed by atoms with Crippen LogP contribution < -0.4 is 0 Å². The maximum atomic E-state index is 13.2. The molecule has 1 aliphatic rings. The largest absolute Gasteiger partial charge is 0.294 e. The van der Waals surface area contributed by atoms with Gasteiger partial charge in [0.2, 0.25) is 0 Å². The Morgan fingerprint density at radius 3 is 2.20 bits per heavy atom. The minimum Gasteiger partial charge on any atom is -0.294 e. The van der Waals surface area contributed by atoms with E-state index in [9.17, 15) is 4.79 Å². The van der Waals surface area contributed by atoms with E-state index in [1.807, 2.05) is 30.3 Å². The highest BCUT2D eigenvalue weighted by Gasteiger charge is 2.34. The first-order valence-electron chi connectivity index (χ1n) is 8.72. The number of rotatable bonds is 4. The van der Waals surface area contributed by atoms with Crippen LogP contribution in [-0.4, -0.2) is 5.78 Å². The van der Waals surface area contributed by atoms with Crippen molar-refractivity contribution in [1.82, 2.24) is 0 Å². The second kappa shape index (κ2) is 7.28. The van der Waals surface area contributed by atoms with Gasteiger partial charge in [0.05, 0.1) is 0 Å². The molecule has 0 amide bonds. The van der Waals surface area contributed by atoms with Gasteiger partial charge < -0.3 is 0 Å². The van der Waals surface area contributed by atoms with Crippen molar-refractivity contribution < 1.29 is 4.79 Å². The number of fused-ring (bicyclic) bond motifs is 1. The number of hydrogen-bond donors (Lipinski definition) is 0. The minimum atomic E-state index is 0.0162. The molecule has 2 atom stereocenters. The van der Waals surface area contributed by atoms with Crippen LogP contribution in [0.2, 0.25) is 0 Å². The quantitative estimate of drug-likeness (QED) is 0.543. The standard InChI is InChI=1S/C23H20OS/c24-22-20-14-8-7-9-17(20)15-16-21(22)23(18-10-3-1-4-11-18)25-19-12-5-2-6-13-19/h1-14,21,23H,15-16H2. The van der Waals surface area contributed by atoms with Crippen molar-refractivity contribution in [2.24, 2.45) is 5.92 Å². The van der Waals surface area contributed by atoms with E-state index in [0.717, 1.165) is 18.4 Å². The third-order valence-corrected chi connectivity index (χ3v) is 6.24. The molecule has 0 radical (unpaired) electrons. The van der Waals surface area contributed by atoms with Gasteiger partial charge in [0.15, 0.2) is 5.78 Å². The molecule has 0 spiro atoms. The van der Waals surface area contributed by atoms with E-state index in [1.165, 1.54) is 16.0 Å². The molecule has 2 unspecified atom stereocenters. The normalized spacial score (nSPS) is 17.8. The number of thioether (sulfide) groups is 1. The van der Waals surface area contributed by atoms with E-state index in [4.69, 9.17) is 0 Å². The third-order valence-electron chi connectivity index (χ3n) is 4.84. The van der Waals surface area contributed by atoms with E-state index < -0.39 is 0 Å². The molecule has 4 rings (SSSR count). The van der Waals surface area contributed by atoms with E-state index in [2.05, 4.69) is 54.6 Å². The fraction of sp³-hybridized carbons (Fsp3) is 0.174. The van der Waals surface area contributed by atoms with Gasteiger partial charge >= 0.3 is 0 Å². The molecule has 0 bridgehead atoms. The first-order chi connectivity index (χ1) is 12.3. The molecule has 0 aromatic heterocycles. The first-order valence-corrected chi connectivity index (χ1v) is 9.59. The van der Waals surface area contributed by atoms with Crippen LogP contribution in [0.1, 0.15) is 33.2 Å². The van der Waals surface area contributed by atoms with Crippen molar-refractivity contribution >= 4 is 17.5 Å². The van der Waals surface area contributed by atoms with Gasteiger partial charge in [0, 0.05) is 21.6 Å². The van der Waals surface area contributed by atoms with Crippen molar-refractivity contribution in [1.29, 1.82) is 0 Å². The predicted octanol–water partition coefficient (Wildman–Crippen LogP) is 5.97. The van der Waals surface area contributed by atoms with Gasteiger partial charge in [-0.2, -0.15) is 0 Å². The van der Waals surface area contributed by atoms with Crippen LogP contribution in [0, 0.1) is 5.92 Å². The summed E-state index contributed by atoms with van der Waals surface area (Å²) >= 11 is 1.81. The Hall–Kier alpha value is -2.32. The molecule has 0 N–H and O–H groups in total. The Balaban J connectivity index is 1.70. The Bertz CT molecular complexity index is 858. The molecule has 0 saturated heterocycles. The van der Waals surface area contributed by atoms with Gasteiger partial charge in [-0.15, -0.1) is 11.8 Å². The first kappa shape index (κ1) is 16.2. The number of hydrogen-bond acceptors (Lipinski definition) is 2. The smallest absolute Gasteiger partial charge is 0.167 e. The minimum absolute atomic E-state index is 0.0162. The lowest BCUT2D eigenvalue weighted by atomic mass is 9.79. The van der Waals surface area contributed by atoms with Crippen molar-refractivity contribution in [3.8, 4) is 0 Å². The maximum Gasteiger partial charge on any atom is 0.167 e. The summed E-state index contributed by atoms with van der Waals surface area (Å²) in [6.45, 7) is 0. The molecule has 1 nitrogen and oxygen atoms in total. The maximum absolute atomic E-state index is 13.2. The molecule has 1 aliphatic carbocycles. The summed E-state index contributed by atoms with van der Waals surface area (Å²) in [4.78, 5) is 14.4. The zero-order valence-corrected chi connectivity index (χ0v) is 14.8. The monoisotopic (exact) mass is 344 g/mol. The number of aryl methyl sites for hydroxylation is 1. The van der Waals surface area contributed by atoms with Crippen LogP contribution in [0.4, 0.5) is 0 Å². The molecule has 25 heavy (non-hydrogen) atoms. The zero-order valence-electron chi connectivity index (χ0n) is 14.0. The summed E-state index contributed by atoms with van der Waals surface area (Å²) in [5.41, 5.74) is 3.34. The summed E-state index contributed by atoms with van der Waals surface area (Å²) in [6, 6.07) is 28.9. The highest BCUT2D eigenvalue weighted by molar-refractivity contribution is 7.99. The molecule has 0 heterocycles. The molecule has 3 aromatic carbocycles. The van der Waals surface area contributed by atoms with Crippen molar-refractivity contribution in [2.45, 2.75) is 23.0 Å². The Labute approximate surface area is 153 Å². The van der Waals surface area contributed by atoms with E-state index >= 15 is 0 Å². The summed E-state index contributed by atoms with van der Waals surface area (Å²) in [5, 5.41) is 0.143. The number of Topliss-reactive ketones (excluding diaryl/α,β-unsaturated/α-hetero) is 1. The van der Waals surface area contributed by atoms with E-state index in [0.29, 0.717) is 5.78 Å². The van der Waals surface area contributed by atoms with Crippen LogP contribution >= 0.6 is 11.8 Å².